The van der Waals surface area contributed by atoms with E-state index in [1.165, 1.54) is 83.5 Å². The van der Waals surface area contributed by atoms with Crippen molar-refractivity contribution < 1.29 is 4.74 Å². The minimum absolute atomic E-state index is 0.344. The van der Waals surface area contributed by atoms with E-state index in [2.05, 4.69) is 13.8 Å². The van der Waals surface area contributed by atoms with Crippen molar-refractivity contribution in [2.24, 2.45) is 0 Å². The Balaban J connectivity index is 1.81. The maximum absolute atomic E-state index is 5.67. The highest BCUT2D eigenvalue weighted by atomic mass is 16.6. The van der Waals surface area contributed by atoms with Gasteiger partial charge in [0.1, 0.15) is 0 Å². The standard InChI is InChI=1S/C17H34O/c1-3-5-7-8-9-10-11-12-13-15-17(16-18-17)14-6-4-2/h3-16H2,1-2H3. The first-order valence-corrected chi connectivity index (χ1v) is 8.47. The van der Waals surface area contributed by atoms with E-state index in [1.807, 2.05) is 0 Å². The highest BCUT2D eigenvalue weighted by Crippen LogP contribution is 2.37. The summed E-state index contributed by atoms with van der Waals surface area (Å²) in [5, 5.41) is 0. The molecule has 0 aliphatic carbocycles. The summed E-state index contributed by atoms with van der Waals surface area (Å²) in [7, 11) is 0. The van der Waals surface area contributed by atoms with E-state index >= 15 is 0 Å². The van der Waals surface area contributed by atoms with E-state index in [9.17, 15) is 0 Å². The third-order valence-electron chi connectivity index (χ3n) is 4.27. The molecule has 0 N–H and O–H groups in total. The molecule has 1 heterocycles. The highest BCUT2D eigenvalue weighted by Gasteiger charge is 2.42. The number of unbranched alkanes of at least 4 members (excludes halogenated alkanes) is 9. The molecule has 0 bridgehead atoms. The molecule has 0 aromatic heterocycles. The van der Waals surface area contributed by atoms with Gasteiger partial charge in [-0.15, -0.1) is 0 Å². The monoisotopic (exact) mass is 254 g/mol. The Kier molecular flexibility index (Phi) is 8.75. The van der Waals surface area contributed by atoms with Gasteiger partial charge in [0.15, 0.2) is 0 Å². The predicted octanol–water partition coefficient (Wildman–Crippen LogP) is 5.87. The topological polar surface area (TPSA) is 12.5 Å². The molecule has 1 heteroatoms. The van der Waals surface area contributed by atoms with Gasteiger partial charge in [-0.1, -0.05) is 84.5 Å². The molecule has 1 rings (SSSR count). The van der Waals surface area contributed by atoms with E-state index in [0.717, 1.165) is 6.61 Å². The smallest absolute Gasteiger partial charge is 0.0916 e. The van der Waals surface area contributed by atoms with Crippen LogP contribution in [0.3, 0.4) is 0 Å². The first-order chi connectivity index (χ1) is 8.83. The number of epoxide rings is 1. The largest absolute Gasteiger partial charge is 0.370 e. The molecule has 1 fully saturated rings. The molecular weight excluding hydrogens is 220 g/mol. The van der Waals surface area contributed by atoms with Crippen LogP contribution in [-0.4, -0.2) is 12.2 Å². The van der Waals surface area contributed by atoms with Gasteiger partial charge in [-0.25, -0.2) is 0 Å². The summed E-state index contributed by atoms with van der Waals surface area (Å²) in [6.45, 7) is 5.60. The second kappa shape index (κ2) is 9.83. The minimum atomic E-state index is 0.344. The van der Waals surface area contributed by atoms with Gasteiger partial charge in [-0.05, 0) is 12.8 Å². The van der Waals surface area contributed by atoms with Gasteiger partial charge in [-0.2, -0.15) is 0 Å². The Labute approximate surface area is 115 Å². The van der Waals surface area contributed by atoms with Gasteiger partial charge in [0.25, 0.3) is 0 Å². The maximum Gasteiger partial charge on any atom is 0.0916 e. The molecule has 0 radical (unpaired) electrons. The maximum atomic E-state index is 5.67. The van der Waals surface area contributed by atoms with Gasteiger partial charge < -0.3 is 4.74 Å². The van der Waals surface area contributed by atoms with Crippen molar-refractivity contribution in [3.05, 3.63) is 0 Å². The average Bonchev–Trinajstić information content (AvgIpc) is 3.15. The number of ether oxygens (including phenoxy) is 1. The molecule has 1 nitrogen and oxygen atoms in total. The van der Waals surface area contributed by atoms with Gasteiger partial charge in [-0.3, -0.25) is 0 Å². The summed E-state index contributed by atoms with van der Waals surface area (Å²) in [5.41, 5.74) is 0.344. The zero-order valence-corrected chi connectivity index (χ0v) is 12.8. The van der Waals surface area contributed by atoms with E-state index in [0.29, 0.717) is 5.60 Å². The van der Waals surface area contributed by atoms with Crippen LogP contribution in [-0.2, 0) is 4.74 Å². The normalized spacial score (nSPS) is 22.3. The fraction of sp³-hybridized carbons (Fsp3) is 1.00. The van der Waals surface area contributed by atoms with E-state index in [4.69, 9.17) is 4.74 Å². The van der Waals surface area contributed by atoms with Crippen LogP contribution < -0.4 is 0 Å². The lowest BCUT2D eigenvalue weighted by Gasteiger charge is -2.10. The molecule has 18 heavy (non-hydrogen) atoms. The summed E-state index contributed by atoms with van der Waals surface area (Å²) in [6, 6.07) is 0. The molecule has 1 aliphatic rings. The molecule has 1 atom stereocenters. The van der Waals surface area contributed by atoms with Crippen molar-refractivity contribution in [1.29, 1.82) is 0 Å². The molecule has 0 amide bonds. The Morgan fingerprint density at radius 1 is 0.667 bits per heavy atom. The lowest BCUT2D eigenvalue weighted by Crippen LogP contribution is -2.10. The lowest BCUT2D eigenvalue weighted by atomic mass is 9.95. The molecule has 1 saturated heterocycles. The predicted molar refractivity (Wildman–Crippen MR) is 80.1 cm³/mol. The second-order valence-electron chi connectivity index (χ2n) is 6.15. The molecule has 0 aromatic rings. The fourth-order valence-corrected chi connectivity index (χ4v) is 2.77. The van der Waals surface area contributed by atoms with Crippen LogP contribution in [0.2, 0.25) is 0 Å². The SMILES string of the molecule is CCCCCCCCCCCC1(CCCC)CO1. The molecule has 1 aliphatic heterocycles. The first-order valence-electron chi connectivity index (χ1n) is 8.47. The molecule has 0 spiro atoms. The quantitative estimate of drug-likeness (QED) is 0.296. The summed E-state index contributed by atoms with van der Waals surface area (Å²) in [4.78, 5) is 0. The third-order valence-corrected chi connectivity index (χ3v) is 4.27. The molecular formula is C17H34O. The Hall–Kier alpha value is -0.0400. The Morgan fingerprint density at radius 2 is 1.11 bits per heavy atom. The molecule has 0 aromatic carbocycles. The van der Waals surface area contributed by atoms with Crippen LogP contribution in [0.5, 0.6) is 0 Å². The van der Waals surface area contributed by atoms with E-state index < -0.39 is 0 Å². The van der Waals surface area contributed by atoms with Crippen LogP contribution >= 0.6 is 0 Å². The summed E-state index contributed by atoms with van der Waals surface area (Å²) < 4.78 is 5.67. The van der Waals surface area contributed by atoms with Crippen molar-refractivity contribution in [2.45, 2.75) is 103 Å². The highest BCUT2D eigenvalue weighted by molar-refractivity contribution is 4.91. The van der Waals surface area contributed by atoms with Crippen molar-refractivity contribution in [1.82, 2.24) is 0 Å². The first kappa shape index (κ1) is 16.0. The lowest BCUT2D eigenvalue weighted by molar-refractivity contribution is 0.262. The second-order valence-corrected chi connectivity index (χ2v) is 6.15. The van der Waals surface area contributed by atoms with Crippen LogP contribution in [0.4, 0.5) is 0 Å². The van der Waals surface area contributed by atoms with Crippen LogP contribution in [0.15, 0.2) is 0 Å². The number of rotatable bonds is 13. The van der Waals surface area contributed by atoms with Gasteiger partial charge in [0.05, 0.1) is 12.2 Å². The zero-order chi connectivity index (χ0) is 13.1. The number of hydrogen-bond acceptors (Lipinski definition) is 1. The summed E-state index contributed by atoms with van der Waals surface area (Å²) in [6.07, 6.45) is 18.1. The van der Waals surface area contributed by atoms with Crippen LogP contribution in [0.25, 0.3) is 0 Å². The van der Waals surface area contributed by atoms with Crippen LogP contribution in [0, 0.1) is 0 Å². The van der Waals surface area contributed by atoms with Crippen LogP contribution in [0.1, 0.15) is 97.3 Å². The van der Waals surface area contributed by atoms with E-state index in [-0.39, 0.29) is 0 Å². The summed E-state index contributed by atoms with van der Waals surface area (Å²) >= 11 is 0. The number of hydrogen-bond donors (Lipinski definition) is 0. The zero-order valence-electron chi connectivity index (χ0n) is 12.8. The molecule has 0 saturated carbocycles. The van der Waals surface area contributed by atoms with E-state index in [1.54, 1.807) is 0 Å². The van der Waals surface area contributed by atoms with Crippen molar-refractivity contribution in [2.75, 3.05) is 6.61 Å². The van der Waals surface area contributed by atoms with Gasteiger partial charge >= 0.3 is 0 Å². The molecule has 108 valence electrons. The van der Waals surface area contributed by atoms with Crippen molar-refractivity contribution in [3.8, 4) is 0 Å². The minimum Gasteiger partial charge on any atom is -0.370 e. The fourth-order valence-electron chi connectivity index (χ4n) is 2.77. The summed E-state index contributed by atoms with van der Waals surface area (Å²) in [5.74, 6) is 0. The van der Waals surface area contributed by atoms with Crippen molar-refractivity contribution >= 4 is 0 Å². The Morgan fingerprint density at radius 3 is 1.61 bits per heavy atom. The van der Waals surface area contributed by atoms with Crippen molar-refractivity contribution in [3.63, 3.8) is 0 Å². The Bertz CT molecular complexity index is 184. The average molecular weight is 254 g/mol. The van der Waals surface area contributed by atoms with Gasteiger partial charge in [0.2, 0.25) is 0 Å². The molecule has 1 unspecified atom stereocenters. The third kappa shape index (κ3) is 7.41. The van der Waals surface area contributed by atoms with Gasteiger partial charge in [0, 0.05) is 0 Å².